The van der Waals surface area contributed by atoms with Gasteiger partial charge in [0, 0.05) is 12.6 Å². The Labute approximate surface area is 101 Å². The standard InChI is InChI=1S/C11H23F3N2O/c1-3-5-15-10(8-17)7-16(6-4-2)9-11(12,13)14/h10,15,17H,3-9H2,1-2H3. The molecule has 0 rings (SSSR count). The molecule has 0 aromatic rings. The van der Waals surface area contributed by atoms with Gasteiger partial charge in [-0.15, -0.1) is 0 Å². The molecule has 0 amide bonds. The zero-order valence-corrected chi connectivity index (χ0v) is 10.6. The minimum atomic E-state index is -4.18. The molecule has 0 aliphatic heterocycles. The van der Waals surface area contributed by atoms with Crippen molar-refractivity contribution >= 4 is 0 Å². The highest BCUT2D eigenvalue weighted by molar-refractivity contribution is 4.73. The Bertz CT molecular complexity index is 188. The molecule has 0 aliphatic rings. The molecule has 0 saturated carbocycles. The molecule has 0 radical (unpaired) electrons. The summed E-state index contributed by atoms with van der Waals surface area (Å²) in [6.45, 7) is 4.09. The SMILES string of the molecule is CCCNC(CO)CN(CCC)CC(F)(F)F. The van der Waals surface area contributed by atoms with E-state index in [2.05, 4.69) is 5.32 Å². The van der Waals surface area contributed by atoms with E-state index < -0.39 is 12.7 Å². The average molecular weight is 256 g/mol. The maximum atomic E-state index is 12.3. The maximum absolute atomic E-state index is 12.3. The van der Waals surface area contributed by atoms with E-state index in [1.54, 1.807) is 0 Å². The second-order valence-electron chi connectivity index (χ2n) is 4.18. The highest BCUT2D eigenvalue weighted by Gasteiger charge is 2.31. The van der Waals surface area contributed by atoms with Crippen LogP contribution in [-0.2, 0) is 0 Å². The molecule has 2 N–H and O–H groups in total. The van der Waals surface area contributed by atoms with Gasteiger partial charge < -0.3 is 10.4 Å². The third-order valence-corrected chi connectivity index (χ3v) is 2.32. The number of nitrogens with one attached hydrogen (secondary N) is 1. The summed E-state index contributed by atoms with van der Waals surface area (Å²) in [5, 5.41) is 12.1. The van der Waals surface area contributed by atoms with E-state index in [-0.39, 0.29) is 19.2 Å². The van der Waals surface area contributed by atoms with Gasteiger partial charge in [0.25, 0.3) is 0 Å². The largest absolute Gasteiger partial charge is 0.401 e. The third kappa shape index (κ3) is 9.38. The summed E-state index contributed by atoms with van der Waals surface area (Å²) in [5.74, 6) is 0. The molecular formula is C11H23F3N2O. The normalized spacial score (nSPS) is 14.3. The number of rotatable bonds is 9. The number of alkyl halides is 3. The van der Waals surface area contributed by atoms with Crippen molar-refractivity contribution in [1.82, 2.24) is 10.2 Å². The molecule has 0 fully saturated rings. The number of nitrogens with zero attached hydrogens (tertiary/aromatic N) is 1. The number of aliphatic hydroxyl groups is 1. The van der Waals surface area contributed by atoms with Crippen LogP contribution in [0.4, 0.5) is 13.2 Å². The quantitative estimate of drug-likeness (QED) is 0.658. The number of hydrogen-bond acceptors (Lipinski definition) is 3. The highest BCUT2D eigenvalue weighted by atomic mass is 19.4. The zero-order valence-electron chi connectivity index (χ0n) is 10.6. The zero-order chi connectivity index (χ0) is 13.3. The highest BCUT2D eigenvalue weighted by Crippen LogP contribution is 2.16. The smallest absolute Gasteiger partial charge is 0.395 e. The van der Waals surface area contributed by atoms with Crippen LogP contribution >= 0.6 is 0 Å². The van der Waals surface area contributed by atoms with Crippen LogP contribution in [-0.4, -0.2) is 55.0 Å². The van der Waals surface area contributed by atoms with Crippen molar-refractivity contribution in [3.8, 4) is 0 Å². The van der Waals surface area contributed by atoms with Gasteiger partial charge in [-0.25, -0.2) is 0 Å². The fourth-order valence-corrected chi connectivity index (χ4v) is 1.65. The van der Waals surface area contributed by atoms with Gasteiger partial charge in [-0.1, -0.05) is 13.8 Å². The molecule has 1 atom stereocenters. The molecule has 0 aliphatic carbocycles. The average Bonchev–Trinajstić information content (AvgIpc) is 2.22. The van der Waals surface area contributed by atoms with Crippen molar-refractivity contribution in [3.63, 3.8) is 0 Å². The van der Waals surface area contributed by atoms with Crippen molar-refractivity contribution in [2.45, 2.75) is 38.9 Å². The molecule has 0 heterocycles. The van der Waals surface area contributed by atoms with E-state index in [1.807, 2.05) is 13.8 Å². The fraction of sp³-hybridized carbons (Fsp3) is 1.00. The van der Waals surface area contributed by atoms with E-state index in [0.29, 0.717) is 19.5 Å². The lowest BCUT2D eigenvalue weighted by molar-refractivity contribution is -0.146. The molecule has 0 bridgehead atoms. The van der Waals surface area contributed by atoms with Gasteiger partial charge >= 0.3 is 6.18 Å². The second-order valence-corrected chi connectivity index (χ2v) is 4.18. The molecule has 0 aromatic heterocycles. The van der Waals surface area contributed by atoms with E-state index in [0.717, 1.165) is 6.42 Å². The lowest BCUT2D eigenvalue weighted by atomic mass is 10.2. The Morgan fingerprint density at radius 3 is 2.29 bits per heavy atom. The molecule has 0 aromatic carbocycles. The van der Waals surface area contributed by atoms with Crippen LogP contribution in [0.2, 0.25) is 0 Å². The first-order chi connectivity index (χ1) is 7.92. The van der Waals surface area contributed by atoms with Crippen LogP contribution in [0.25, 0.3) is 0 Å². The molecule has 0 saturated heterocycles. The molecule has 3 nitrogen and oxygen atoms in total. The van der Waals surface area contributed by atoms with Crippen molar-refractivity contribution in [2.24, 2.45) is 0 Å². The van der Waals surface area contributed by atoms with Crippen LogP contribution in [0.5, 0.6) is 0 Å². The van der Waals surface area contributed by atoms with Crippen molar-refractivity contribution < 1.29 is 18.3 Å². The van der Waals surface area contributed by atoms with E-state index in [1.165, 1.54) is 4.90 Å². The van der Waals surface area contributed by atoms with Gasteiger partial charge in [-0.05, 0) is 25.9 Å². The van der Waals surface area contributed by atoms with Crippen LogP contribution in [0.15, 0.2) is 0 Å². The maximum Gasteiger partial charge on any atom is 0.401 e. The fourth-order valence-electron chi connectivity index (χ4n) is 1.65. The molecule has 17 heavy (non-hydrogen) atoms. The number of hydrogen-bond donors (Lipinski definition) is 2. The van der Waals surface area contributed by atoms with Crippen molar-refractivity contribution in [2.75, 3.05) is 32.8 Å². The summed E-state index contributed by atoms with van der Waals surface area (Å²) < 4.78 is 36.9. The first kappa shape index (κ1) is 16.7. The van der Waals surface area contributed by atoms with Gasteiger partial charge in [0.1, 0.15) is 0 Å². The Morgan fingerprint density at radius 1 is 1.24 bits per heavy atom. The monoisotopic (exact) mass is 256 g/mol. The summed E-state index contributed by atoms with van der Waals surface area (Å²) in [6.07, 6.45) is -2.62. The Kier molecular flexibility index (Phi) is 8.55. The van der Waals surface area contributed by atoms with Gasteiger partial charge in [-0.3, -0.25) is 4.90 Å². The Balaban J connectivity index is 4.19. The van der Waals surface area contributed by atoms with Crippen LogP contribution in [0, 0.1) is 0 Å². The van der Waals surface area contributed by atoms with E-state index >= 15 is 0 Å². The van der Waals surface area contributed by atoms with Gasteiger partial charge in [0.2, 0.25) is 0 Å². The molecule has 1 unspecified atom stereocenters. The lowest BCUT2D eigenvalue weighted by Gasteiger charge is -2.27. The molecule has 6 heteroatoms. The van der Waals surface area contributed by atoms with Crippen LogP contribution < -0.4 is 5.32 Å². The van der Waals surface area contributed by atoms with Gasteiger partial charge in [0.05, 0.1) is 13.2 Å². The van der Waals surface area contributed by atoms with E-state index in [4.69, 9.17) is 5.11 Å². The van der Waals surface area contributed by atoms with Crippen molar-refractivity contribution in [3.05, 3.63) is 0 Å². The molecular weight excluding hydrogens is 233 g/mol. The summed E-state index contributed by atoms with van der Waals surface area (Å²) in [4.78, 5) is 1.34. The second kappa shape index (κ2) is 8.72. The van der Waals surface area contributed by atoms with Crippen LogP contribution in [0.1, 0.15) is 26.7 Å². The lowest BCUT2D eigenvalue weighted by Crippen LogP contribution is -2.46. The topological polar surface area (TPSA) is 35.5 Å². The minimum Gasteiger partial charge on any atom is -0.395 e. The van der Waals surface area contributed by atoms with Gasteiger partial charge in [-0.2, -0.15) is 13.2 Å². The molecule has 0 spiro atoms. The molecule has 104 valence electrons. The Morgan fingerprint density at radius 2 is 1.88 bits per heavy atom. The van der Waals surface area contributed by atoms with Crippen LogP contribution in [0.3, 0.4) is 0 Å². The summed E-state index contributed by atoms with van der Waals surface area (Å²) in [7, 11) is 0. The first-order valence-corrected chi connectivity index (χ1v) is 6.06. The minimum absolute atomic E-state index is 0.141. The predicted octanol–water partition coefficient (Wildman–Crippen LogP) is 1.62. The predicted molar refractivity (Wildman–Crippen MR) is 62.0 cm³/mol. The summed E-state index contributed by atoms with van der Waals surface area (Å²) >= 11 is 0. The summed E-state index contributed by atoms with van der Waals surface area (Å²) in [5.41, 5.74) is 0. The van der Waals surface area contributed by atoms with Gasteiger partial charge in [0.15, 0.2) is 0 Å². The van der Waals surface area contributed by atoms with Crippen molar-refractivity contribution in [1.29, 1.82) is 0 Å². The third-order valence-electron chi connectivity index (χ3n) is 2.32. The first-order valence-electron chi connectivity index (χ1n) is 6.06. The van der Waals surface area contributed by atoms with E-state index in [9.17, 15) is 13.2 Å². The number of aliphatic hydroxyl groups excluding tert-OH is 1. The summed E-state index contributed by atoms with van der Waals surface area (Å²) in [6, 6.07) is -0.288. The number of halogens is 3. The Hall–Kier alpha value is -0.330.